The lowest BCUT2D eigenvalue weighted by Gasteiger charge is -2.08. The Morgan fingerprint density at radius 2 is 1.94 bits per heavy atom. The van der Waals surface area contributed by atoms with E-state index in [1.807, 2.05) is 52.7 Å². The number of thiazole rings is 2. The number of rotatable bonds is 8. The van der Waals surface area contributed by atoms with Crippen molar-refractivity contribution in [2.24, 2.45) is 0 Å². The van der Waals surface area contributed by atoms with E-state index in [2.05, 4.69) is 15.3 Å². The highest BCUT2D eigenvalue weighted by Gasteiger charge is 2.14. The maximum Gasteiger partial charge on any atom is 0.257 e. The van der Waals surface area contributed by atoms with Crippen LogP contribution in [0.2, 0.25) is 0 Å². The average Bonchev–Trinajstić information content (AvgIpc) is 3.50. The Labute approximate surface area is 192 Å². The van der Waals surface area contributed by atoms with E-state index in [0.29, 0.717) is 22.2 Å². The van der Waals surface area contributed by atoms with E-state index >= 15 is 0 Å². The highest BCUT2D eigenvalue weighted by Crippen LogP contribution is 2.35. The topological polar surface area (TPSA) is 73.3 Å². The molecule has 6 nitrogen and oxygen atoms in total. The number of ether oxygens (including phenoxy) is 2. The van der Waals surface area contributed by atoms with E-state index in [9.17, 15) is 4.79 Å². The molecule has 0 unspecified atom stereocenters. The molecule has 0 aliphatic heterocycles. The number of carbonyl (C=O) groups excluding carboxylic acids is 1. The van der Waals surface area contributed by atoms with Crippen LogP contribution < -0.4 is 14.8 Å². The van der Waals surface area contributed by atoms with Gasteiger partial charge in [-0.25, -0.2) is 9.97 Å². The Morgan fingerprint density at radius 3 is 2.65 bits per heavy atom. The Bertz CT molecular complexity index is 1160. The molecule has 0 fully saturated rings. The number of hydrogen-bond acceptors (Lipinski definition) is 8. The summed E-state index contributed by atoms with van der Waals surface area (Å²) in [6, 6.07) is 13.1. The Balaban J connectivity index is 1.41. The molecule has 0 atom stereocenters. The van der Waals surface area contributed by atoms with E-state index in [1.165, 1.54) is 11.3 Å². The van der Waals surface area contributed by atoms with E-state index < -0.39 is 0 Å². The second-order valence-corrected chi connectivity index (χ2v) is 8.98. The zero-order valence-corrected chi connectivity index (χ0v) is 19.3. The molecule has 0 aliphatic rings. The molecular weight excluding hydrogens is 450 g/mol. The van der Waals surface area contributed by atoms with Crippen molar-refractivity contribution >= 4 is 45.5 Å². The van der Waals surface area contributed by atoms with Crippen LogP contribution >= 0.6 is 34.4 Å². The molecule has 0 radical (unpaired) electrons. The molecule has 1 N–H and O–H groups in total. The van der Waals surface area contributed by atoms with Gasteiger partial charge in [0.2, 0.25) is 0 Å². The number of thioether (sulfide) groups is 1. The molecule has 2 aromatic heterocycles. The maximum atomic E-state index is 12.6. The van der Waals surface area contributed by atoms with Crippen LogP contribution in [0.25, 0.3) is 11.3 Å². The number of nitrogens with one attached hydrogen (secondary N) is 1. The Morgan fingerprint density at radius 1 is 1.10 bits per heavy atom. The average molecular weight is 470 g/mol. The highest BCUT2D eigenvalue weighted by atomic mass is 32.2. The Kier molecular flexibility index (Phi) is 6.86. The fraction of sp³-hybridized carbons (Fsp3) is 0.136. The van der Waals surface area contributed by atoms with Gasteiger partial charge in [0.15, 0.2) is 5.13 Å². The number of nitrogens with zero attached hydrogens (tertiary/aromatic N) is 2. The third-order valence-corrected chi connectivity index (χ3v) is 6.83. The van der Waals surface area contributed by atoms with Gasteiger partial charge in [-0.2, -0.15) is 0 Å². The van der Waals surface area contributed by atoms with Crippen molar-refractivity contribution in [3.05, 3.63) is 70.0 Å². The lowest BCUT2D eigenvalue weighted by atomic mass is 10.1. The molecule has 4 aromatic rings. The largest absolute Gasteiger partial charge is 0.497 e. The predicted octanol–water partition coefficient (Wildman–Crippen LogP) is 5.83. The zero-order valence-electron chi connectivity index (χ0n) is 16.8. The first-order valence-corrected chi connectivity index (χ1v) is 12.1. The number of hydrogen-bond donors (Lipinski definition) is 1. The predicted molar refractivity (Wildman–Crippen MR) is 127 cm³/mol. The minimum atomic E-state index is -0.196. The number of carbonyl (C=O) groups is 1. The van der Waals surface area contributed by atoms with Gasteiger partial charge < -0.3 is 9.47 Å². The summed E-state index contributed by atoms with van der Waals surface area (Å²) >= 11 is 4.65. The van der Waals surface area contributed by atoms with Gasteiger partial charge in [-0.15, -0.1) is 34.4 Å². The molecule has 2 heterocycles. The lowest BCUT2D eigenvalue weighted by Crippen LogP contribution is -2.11. The molecule has 1 amide bonds. The number of benzene rings is 2. The minimum absolute atomic E-state index is 0.196. The first kappa shape index (κ1) is 21.4. The third kappa shape index (κ3) is 5.25. The lowest BCUT2D eigenvalue weighted by molar-refractivity contribution is 0.102. The fourth-order valence-corrected chi connectivity index (χ4v) is 4.97. The maximum absolute atomic E-state index is 12.6. The molecule has 9 heteroatoms. The summed E-state index contributed by atoms with van der Waals surface area (Å²) in [7, 11) is 3.21. The summed E-state index contributed by atoms with van der Waals surface area (Å²) in [5.41, 5.74) is 5.04. The van der Waals surface area contributed by atoms with Crippen molar-refractivity contribution in [2.45, 2.75) is 10.6 Å². The molecule has 158 valence electrons. The van der Waals surface area contributed by atoms with Crippen LogP contribution in [-0.4, -0.2) is 30.1 Å². The molecule has 2 aromatic carbocycles. The van der Waals surface area contributed by atoms with Crippen LogP contribution in [0.4, 0.5) is 5.13 Å². The number of aromatic nitrogens is 2. The summed E-state index contributed by atoms with van der Waals surface area (Å²) in [5, 5.41) is 7.32. The van der Waals surface area contributed by atoms with Gasteiger partial charge in [-0.05, 0) is 36.4 Å². The van der Waals surface area contributed by atoms with Crippen LogP contribution in [0, 0.1) is 0 Å². The fourth-order valence-electron chi connectivity index (χ4n) is 2.80. The number of anilines is 1. The van der Waals surface area contributed by atoms with Crippen LogP contribution in [0.15, 0.2) is 63.6 Å². The van der Waals surface area contributed by atoms with E-state index in [1.54, 1.807) is 43.4 Å². The van der Waals surface area contributed by atoms with Crippen molar-refractivity contribution in [3.63, 3.8) is 0 Å². The van der Waals surface area contributed by atoms with Gasteiger partial charge in [0, 0.05) is 38.6 Å². The summed E-state index contributed by atoms with van der Waals surface area (Å²) in [4.78, 5) is 22.5. The first-order chi connectivity index (χ1) is 15.2. The summed E-state index contributed by atoms with van der Waals surface area (Å²) in [6.07, 6.45) is 0. The SMILES string of the molecule is COc1ccc(-c2csc(NC(=O)c3ccc(SCc4cscn4)cc3)n2)c(OC)c1. The third-order valence-electron chi connectivity index (χ3n) is 4.40. The van der Waals surface area contributed by atoms with Gasteiger partial charge in [0.1, 0.15) is 11.5 Å². The van der Waals surface area contributed by atoms with E-state index in [0.717, 1.165) is 27.6 Å². The van der Waals surface area contributed by atoms with Crippen molar-refractivity contribution in [3.8, 4) is 22.8 Å². The second kappa shape index (κ2) is 9.95. The zero-order chi connectivity index (χ0) is 21.6. The van der Waals surface area contributed by atoms with Crippen LogP contribution in [0.5, 0.6) is 11.5 Å². The molecule has 4 rings (SSSR count). The molecule has 0 spiro atoms. The monoisotopic (exact) mass is 469 g/mol. The van der Waals surface area contributed by atoms with Gasteiger partial charge in [0.05, 0.1) is 31.1 Å². The quantitative estimate of drug-likeness (QED) is 0.327. The Hall–Kier alpha value is -2.88. The van der Waals surface area contributed by atoms with Crippen LogP contribution in [-0.2, 0) is 5.75 Å². The number of amides is 1. The minimum Gasteiger partial charge on any atom is -0.497 e. The van der Waals surface area contributed by atoms with Gasteiger partial charge >= 0.3 is 0 Å². The standard InChI is InChI=1S/C22H19N3O3S3/c1-27-16-5-8-18(20(9-16)28-2)19-12-31-22(24-19)25-21(26)14-3-6-17(7-4-14)30-11-15-10-29-13-23-15/h3-10,12-13H,11H2,1-2H3,(H,24,25,26). The summed E-state index contributed by atoms with van der Waals surface area (Å²) in [5.74, 6) is 1.98. The molecule has 0 bridgehead atoms. The normalized spacial score (nSPS) is 10.6. The van der Waals surface area contributed by atoms with Crippen LogP contribution in [0.3, 0.4) is 0 Å². The smallest absolute Gasteiger partial charge is 0.257 e. The van der Waals surface area contributed by atoms with Crippen molar-refractivity contribution < 1.29 is 14.3 Å². The molecule has 31 heavy (non-hydrogen) atoms. The first-order valence-electron chi connectivity index (χ1n) is 9.25. The second-order valence-electron chi connectivity index (χ2n) is 6.35. The van der Waals surface area contributed by atoms with Gasteiger partial charge in [-0.3, -0.25) is 10.1 Å². The molecule has 0 saturated heterocycles. The highest BCUT2D eigenvalue weighted by molar-refractivity contribution is 7.98. The molecular formula is C22H19N3O3S3. The van der Waals surface area contributed by atoms with E-state index in [-0.39, 0.29) is 5.91 Å². The van der Waals surface area contributed by atoms with Crippen LogP contribution in [0.1, 0.15) is 16.1 Å². The summed E-state index contributed by atoms with van der Waals surface area (Å²) < 4.78 is 10.7. The molecule has 0 saturated carbocycles. The number of methoxy groups -OCH3 is 2. The van der Waals surface area contributed by atoms with Gasteiger partial charge in [0.25, 0.3) is 5.91 Å². The molecule has 0 aliphatic carbocycles. The van der Waals surface area contributed by atoms with Crippen molar-refractivity contribution in [2.75, 3.05) is 19.5 Å². The summed E-state index contributed by atoms with van der Waals surface area (Å²) in [6.45, 7) is 0. The van der Waals surface area contributed by atoms with Crippen molar-refractivity contribution in [1.29, 1.82) is 0 Å². The van der Waals surface area contributed by atoms with Crippen molar-refractivity contribution in [1.82, 2.24) is 9.97 Å². The van der Waals surface area contributed by atoms with E-state index in [4.69, 9.17) is 9.47 Å². The van der Waals surface area contributed by atoms with Gasteiger partial charge in [-0.1, -0.05) is 0 Å².